The molecule has 0 atom stereocenters. The first-order valence-electron chi connectivity index (χ1n) is 5.24. The van der Waals surface area contributed by atoms with E-state index in [4.69, 9.17) is 0 Å². The second-order valence-electron chi connectivity index (χ2n) is 3.82. The van der Waals surface area contributed by atoms with E-state index in [1.807, 2.05) is 11.6 Å². The molecule has 0 N–H and O–H groups in total. The van der Waals surface area contributed by atoms with Crippen LogP contribution in [0.2, 0.25) is 0 Å². The van der Waals surface area contributed by atoms with Crippen LogP contribution in [-0.4, -0.2) is 4.98 Å². The van der Waals surface area contributed by atoms with Gasteiger partial charge in [-0.1, -0.05) is 36.4 Å². The molecule has 3 rings (SSSR count). The summed E-state index contributed by atoms with van der Waals surface area (Å²) in [5.41, 5.74) is 2.56. The van der Waals surface area contributed by atoms with Crippen LogP contribution in [0.3, 0.4) is 0 Å². The van der Waals surface area contributed by atoms with Crippen molar-refractivity contribution in [2.24, 2.45) is 0 Å². The number of thiazole rings is 1. The van der Waals surface area contributed by atoms with Crippen LogP contribution in [-0.2, 0) is 0 Å². The SMILES string of the molecule is Cc1ccc2ccccc2c1-c1nccs1. The van der Waals surface area contributed by atoms with Gasteiger partial charge >= 0.3 is 0 Å². The third-order valence-electron chi connectivity index (χ3n) is 2.78. The average molecular weight is 225 g/mol. The molecule has 2 aromatic carbocycles. The molecule has 0 radical (unpaired) electrons. The van der Waals surface area contributed by atoms with Gasteiger partial charge in [-0.15, -0.1) is 11.3 Å². The van der Waals surface area contributed by atoms with E-state index in [0.717, 1.165) is 5.01 Å². The van der Waals surface area contributed by atoms with Crippen LogP contribution in [0.4, 0.5) is 0 Å². The van der Waals surface area contributed by atoms with Crippen LogP contribution in [0, 0.1) is 6.92 Å². The Bertz CT molecular complexity index is 626. The number of fused-ring (bicyclic) bond motifs is 1. The fraction of sp³-hybridized carbons (Fsp3) is 0.0714. The van der Waals surface area contributed by atoms with E-state index in [-0.39, 0.29) is 0 Å². The molecule has 2 heteroatoms. The van der Waals surface area contributed by atoms with Gasteiger partial charge in [0.25, 0.3) is 0 Å². The van der Waals surface area contributed by atoms with Crippen LogP contribution >= 0.6 is 11.3 Å². The quantitative estimate of drug-likeness (QED) is 0.602. The molecular formula is C14H11NS. The summed E-state index contributed by atoms with van der Waals surface area (Å²) in [6.07, 6.45) is 1.86. The molecule has 78 valence electrons. The molecular weight excluding hydrogens is 214 g/mol. The molecule has 0 aliphatic rings. The van der Waals surface area contributed by atoms with Gasteiger partial charge in [-0.05, 0) is 23.3 Å². The number of benzene rings is 2. The zero-order valence-corrected chi connectivity index (χ0v) is 9.79. The number of nitrogens with zero attached hydrogens (tertiary/aromatic N) is 1. The first kappa shape index (κ1) is 9.55. The molecule has 1 heterocycles. The Morgan fingerprint density at radius 2 is 1.94 bits per heavy atom. The summed E-state index contributed by atoms with van der Waals surface area (Å²) < 4.78 is 0. The first-order valence-corrected chi connectivity index (χ1v) is 6.12. The third-order valence-corrected chi connectivity index (χ3v) is 3.57. The van der Waals surface area contributed by atoms with Gasteiger partial charge in [0.05, 0.1) is 0 Å². The van der Waals surface area contributed by atoms with Gasteiger partial charge in [-0.3, -0.25) is 0 Å². The summed E-state index contributed by atoms with van der Waals surface area (Å²) in [4.78, 5) is 4.42. The molecule has 0 fully saturated rings. The fourth-order valence-electron chi connectivity index (χ4n) is 2.01. The lowest BCUT2D eigenvalue weighted by Crippen LogP contribution is -1.84. The normalized spacial score (nSPS) is 10.8. The molecule has 0 saturated heterocycles. The third kappa shape index (κ3) is 1.42. The van der Waals surface area contributed by atoms with E-state index < -0.39 is 0 Å². The van der Waals surface area contributed by atoms with Gasteiger partial charge in [-0.25, -0.2) is 4.98 Å². The lowest BCUT2D eigenvalue weighted by Gasteiger charge is -2.07. The van der Waals surface area contributed by atoms with Gasteiger partial charge in [0.15, 0.2) is 0 Å². The zero-order chi connectivity index (χ0) is 11.0. The van der Waals surface area contributed by atoms with E-state index in [1.54, 1.807) is 11.3 Å². The van der Waals surface area contributed by atoms with Crippen molar-refractivity contribution in [3.05, 3.63) is 53.5 Å². The van der Waals surface area contributed by atoms with Crippen LogP contribution in [0.25, 0.3) is 21.3 Å². The number of hydrogen-bond acceptors (Lipinski definition) is 2. The van der Waals surface area contributed by atoms with E-state index in [1.165, 1.54) is 21.9 Å². The Balaban J connectivity index is 2.42. The summed E-state index contributed by atoms with van der Waals surface area (Å²) in [7, 11) is 0. The average Bonchev–Trinajstić information content (AvgIpc) is 2.82. The number of aryl methyl sites for hydroxylation is 1. The van der Waals surface area contributed by atoms with Crippen LogP contribution in [0.1, 0.15) is 5.56 Å². The van der Waals surface area contributed by atoms with Crippen molar-refractivity contribution >= 4 is 22.1 Å². The highest BCUT2D eigenvalue weighted by Gasteiger charge is 2.08. The summed E-state index contributed by atoms with van der Waals surface area (Å²) in [6, 6.07) is 12.8. The summed E-state index contributed by atoms with van der Waals surface area (Å²) >= 11 is 1.69. The maximum Gasteiger partial charge on any atom is 0.124 e. The highest BCUT2D eigenvalue weighted by atomic mass is 32.1. The van der Waals surface area contributed by atoms with Crippen LogP contribution < -0.4 is 0 Å². The van der Waals surface area contributed by atoms with Crippen molar-refractivity contribution in [1.29, 1.82) is 0 Å². The monoisotopic (exact) mass is 225 g/mol. The predicted octanol–water partition coefficient (Wildman–Crippen LogP) is 4.27. The minimum Gasteiger partial charge on any atom is -0.245 e. The molecule has 3 aromatic rings. The minimum atomic E-state index is 1.11. The van der Waals surface area contributed by atoms with Crippen molar-refractivity contribution < 1.29 is 0 Å². The van der Waals surface area contributed by atoms with E-state index in [2.05, 4.69) is 48.3 Å². The summed E-state index contributed by atoms with van der Waals surface area (Å²) in [5.74, 6) is 0. The maximum atomic E-state index is 4.42. The molecule has 0 saturated carbocycles. The Morgan fingerprint density at radius 3 is 2.75 bits per heavy atom. The van der Waals surface area contributed by atoms with Crippen LogP contribution in [0.15, 0.2) is 48.0 Å². The molecule has 1 nitrogen and oxygen atoms in total. The minimum absolute atomic E-state index is 1.11. The molecule has 1 aromatic heterocycles. The predicted molar refractivity (Wildman–Crippen MR) is 69.8 cm³/mol. The maximum absolute atomic E-state index is 4.42. The molecule has 0 amide bonds. The standard InChI is InChI=1S/C14H11NS/c1-10-6-7-11-4-2-3-5-12(11)13(10)14-15-8-9-16-14/h2-9H,1H3. The Labute approximate surface area is 98.4 Å². The Hall–Kier alpha value is -1.67. The van der Waals surface area contributed by atoms with Gasteiger partial charge < -0.3 is 0 Å². The highest BCUT2D eigenvalue weighted by molar-refractivity contribution is 7.13. The summed E-state index contributed by atoms with van der Waals surface area (Å²) in [5, 5.41) is 5.70. The molecule has 0 aliphatic heterocycles. The van der Waals surface area contributed by atoms with Crippen molar-refractivity contribution in [1.82, 2.24) is 4.98 Å². The number of hydrogen-bond donors (Lipinski definition) is 0. The van der Waals surface area contributed by atoms with Crippen molar-refractivity contribution in [2.45, 2.75) is 6.92 Å². The number of rotatable bonds is 1. The highest BCUT2D eigenvalue weighted by Crippen LogP contribution is 2.32. The first-order chi connectivity index (χ1) is 7.86. The van der Waals surface area contributed by atoms with Crippen LogP contribution in [0.5, 0.6) is 0 Å². The Morgan fingerprint density at radius 1 is 1.06 bits per heavy atom. The topological polar surface area (TPSA) is 12.9 Å². The lowest BCUT2D eigenvalue weighted by atomic mass is 10.0. The molecule has 0 unspecified atom stereocenters. The molecule has 0 bridgehead atoms. The van der Waals surface area contributed by atoms with E-state index in [0.29, 0.717) is 0 Å². The van der Waals surface area contributed by atoms with E-state index >= 15 is 0 Å². The largest absolute Gasteiger partial charge is 0.245 e. The number of aromatic nitrogens is 1. The second-order valence-corrected chi connectivity index (χ2v) is 4.71. The fourth-order valence-corrected chi connectivity index (χ4v) is 2.77. The van der Waals surface area contributed by atoms with Crippen molar-refractivity contribution in [3.63, 3.8) is 0 Å². The smallest absolute Gasteiger partial charge is 0.124 e. The Kier molecular flexibility index (Phi) is 2.22. The summed E-state index contributed by atoms with van der Waals surface area (Å²) in [6.45, 7) is 2.14. The van der Waals surface area contributed by atoms with Gasteiger partial charge in [-0.2, -0.15) is 0 Å². The second kappa shape index (κ2) is 3.72. The van der Waals surface area contributed by atoms with Crippen molar-refractivity contribution in [2.75, 3.05) is 0 Å². The molecule has 16 heavy (non-hydrogen) atoms. The van der Waals surface area contributed by atoms with Gasteiger partial charge in [0.1, 0.15) is 5.01 Å². The molecule has 0 spiro atoms. The molecule has 0 aliphatic carbocycles. The lowest BCUT2D eigenvalue weighted by molar-refractivity contribution is 1.39. The zero-order valence-electron chi connectivity index (χ0n) is 8.97. The van der Waals surface area contributed by atoms with Crippen molar-refractivity contribution in [3.8, 4) is 10.6 Å². The van der Waals surface area contributed by atoms with Gasteiger partial charge in [0.2, 0.25) is 0 Å². The van der Waals surface area contributed by atoms with Gasteiger partial charge in [0, 0.05) is 17.1 Å². The van der Waals surface area contributed by atoms with E-state index in [9.17, 15) is 0 Å².